The minimum atomic E-state index is 0.414. The average molecular weight is 206 g/mol. The minimum Gasteiger partial charge on any atom is -0.252 e. The molecule has 0 radical (unpaired) electrons. The first-order valence-corrected chi connectivity index (χ1v) is 5.11. The summed E-state index contributed by atoms with van der Waals surface area (Å²) in [5.41, 5.74) is 2.03. The molecule has 0 N–H and O–H groups in total. The molecule has 0 saturated carbocycles. The number of nitrogens with zero attached hydrogens (tertiary/aromatic N) is 1. The maximum Gasteiger partial charge on any atom is 0.0720 e. The molecule has 2 rings (SSSR count). The number of pyridine rings is 1. The van der Waals surface area contributed by atoms with E-state index in [-0.39, 0.29) is 0 Å². The number of aromatic nitrogens is 1. The lowest BCUT2D eigenvalue weighted by Crippen LogP contribution is -1.93. The van der Waals surface area contributed by atoms with Crippen LogP contribution in [0.15, 0.2) is 30.3 Å². The molecule has 1 nitrogen and oxygen atoms in total. The number of rotatable bonds is 1. The first-order chi connectivity index (χ1) is 6.68. The second kappa shape index (κ2) is 3.58. The maximum absolute atomic E-state index is 6.17. The monoisotopic (exact) mass is 205 g/mol. The fourth-order valence-corrected chi connectivity index (χ4v) is 1.72. The number of halogens is 1. The Hall–Kier alpha value is -1.08. The normalized spacial score (nSPS) is 11.1. The van der Waals surface area contributed by atoms with E-state index in [9.17, 15) is 0 Å². The van der Waals surface area contributed by atoms with Gasteiger partial charge in [0.15, 0.2) is 0 Å². The van der Waals surface area contributed by atoms with Gasteiger partial charge in [-0.15, -0.1) is 0 Å². The third-order valence-electron chi connectivity index (χ3n) is 2.28. The molecule has 1 aromatic carbocycles. The molecule has 72 valence electrons. The summed E-state index contributed by atoms with van der Waals surface area (Å²) in [4.78, 5) is 4.55. The first kappa shape index (κ1) is 9.47. The fraction of sp³-hybridized carbons (Fsp3) is 0.250. The third kappa shape index (κ3) is 1.60. The SMILES string of the molecule is CC(C)c1cc(Cl)c2ccccc2n1. The van der Waals surface area contributed by atoms with Gasteiger partial charge in [0.1, 0.15) is 0 Å². The van der Waals surface area contributed by atoms with E-state index in [4.69, 9.17) is 11.6 Å². The van der Waals surface area contributed by atoms with Crippen LogP contribution in [0.5, 0.6) is 0 Å². The van der Waals surface area contributed by atoms with Crippen molar-refractivity contribution in [2.45, 2.75) is 19.8 Å². The van der Waals surface area contributed by atoms with Crippen molar-refractivity contribution in [2.75, 3.05) is 0 Å². The van der Waals surface area contributed by atoms with Crippen molar-refractivity contribution in [1.82, 2.24) is 4.98 Å². The Balaban J connectivity index is 2.72. The van der Waals surface area contributed by atoms with Crippen LogP contribution >= 0.6 is 11.6 Å². The Kier molecular flexibility index (Phi) is 2.42. The maximum atomic E-state index is 6.17. The summed E-state index contributed by atoms with van der Waals surface area (Å²) >= 11 is 6.17. The molecule has 0 saturated heterocycles. The van der Waals surface area contributed by atoms with Crippen molar-refractivity contribution in [3.05, 3.63) is 41.0 Å². The number of hydrogen-bond acceptors (Lipinski definition) is 1. The summed E-state index contributed by atoms with van der Waals surface area (Å²) in [6, 6.07) is 9.90. The third-order valence-corrected chi connectivity index (χ3v) is 2.59. The molecular weight excluding hydrogens is 194 g/mol. The van der Waals surface area contributed by atoms with Gasteiger partial charge in [-0.05, 0) is 18.1 Å². The second-order valence-corrected chi connectivity index (χ2v) is 4.11. The van der Waals surface area contributed by atoms with Gasteiger partial charge in [0, 0.05) is 11.1 Å². The highest BCUT2D eigenvalue weighted by molar-refractivity contribution is 6.35. The molecule has 1 aromatic heterocycles. The van der Waals surface area contributed by atoms with Gasteiger partial charge in [-0.2, -0.15) is 0 Å². The van der Waals surface area contributed by atoms with Gasteiger partial charge < -0.3 is 0 Å². The van der Waals surface area contributed by atoms with Crippen LogP contribution in [0, 0.1) is 0 Å². The lowest BCUT2D eigenvalue weighted by Gasteiger charge is -2.07. The smallest absolute Gasteiger partial charge is 0.0720 e. The number of para-hydroxylation sites is 1. The number of hydrogen-bond donors (Lipinski definition) is 0. The molecule has 14 heavy (non-hydrogen) atoms. The van der Waals surface area contributed by atoms with Gasteiger partial charge >= 0.3 is 0 Å². The van der Waals surface area contributed by atoms with E-state index in [1.54, 1.807) is 0 Å². The van der Waals surface area contributed by atoms with Crippen molar-refractivity contribution >= 4 is 22.5 Å². The molecule has 2 aromatic rings. The second-order valence-electron chi connectivity index (χ2n) is 3.70. The molecule has 0 fully saturated rings. The van der Waals surface area contributed by atoms with E-state index >= 15 is 0 Å². The molecular formula is C12H12ClN. The summed E-state index contributed by atoms with van der Waals surface area (Å²) in [5.74, 6) is 0.414. The van der Waals surface area contributed by atoms with Gasteiger partial charge in [0.2, 0.25) is 0 Å². The lowest BCUT2D eigenvalue weighted by molar-refractivity contribution is 0.830. The van der Waals surface area contributed by atoms with Crippen LogP contribution in [0.25, 0.3) is 10.9 Å². The Morgan fingerprint density at radius 2 is 1.93 bits per heavy atom. The van der Waals surface area contributed by atoms with Crippen LogP contribution in [0.1, 0.15) is 25.5 Å². The summed E-state index contributed by atoms with van der Waals surface area (Å²) < 4.78 is 0. The summed E-state index contributed by atoms with van der Waals surface area (Å²) in [7, 11) is 0. The van der Waals surface area contributed by atoms with Crippen LogP contribution in [-0.4, -0.2) is 4.98 Å². The van der Waals surface area contributed by atoms with Crippen molar-refractivity contribution in [3.63, 3.8) is 0 Å². The Bertz CT molecular complexity index is 463. The Labute approximate surface area is 88.7 Å². The molecule has 0 amide bonds. The summed E-state index contributed by atoms with van der Waals surface area (Å²) in [5, 5.41) is 1.82. The predicted octanol–water partition coefficient (Wildman–Crippen LogP) is 4.01. The van der Waals surface area contributed by atoms with Gasteiger partial charge in [-0.1, -0.05) is 43.6 Å². The molecule has 0 unspecified atom stereocenters. The minimum absolute atomic E-state index is 0.414. The predicted molar refractivity (Wildman–Crippen MR) is 60.8 cm³/mol. The van der Waals surface area contributed by atoms with Crippen molar-refractivity contribution in [2.24, 2.45) is 0 Å². The molecule has 2 heteroatoms. The zero-order chi connectivity index (χ0) is 10.1. The molecule has 0 aliphatic carbocycles. The Morgan fingerprint density at radius 1 is 1.21 bits per heavy atom. The van der Waals surface area contributed by atoms with E-state index in [0.29, 0.717) is 5.92 Å². The Morgan fingerprint density at radius 3 is 2.64 bits per heavy atom. The zero-order valence-corrected chi connectivity index (χ0v) is 9.05. The van der Waals surface area contributed by atoms with E-state index in [0.717, 1.165) is 21.6 Å². The van der Waals surface area contributed by atoms with E-state index < -0.39 is 0 Å². The molecule has 0 aliphatic heterocycles. The van der Waals surface area contributed by atoms with E-state index in [2.05, 4.69) is 18.8 Å². The van der Waals surface area contributed by atoms with E-state index in [1.165, 1.54) is 0 Å². The van der Waals surface area contributed by atoms with Crippen LogP contribution in [0.3, 0.4) is 0 Å². The van der Waals surface area contributed by atoms with Crippen molar-refractivity contribution in [3.8, 4) is 0 Å². The first-order valence-electron chi connectivity index (χ1n) is 4.73. The van der Waals surface area contributed by atoms with Crippen molar-refractivity contribution in [1.29, 1.82) is 0 Å². The number of fused-ring (bicyclic) bond motifs is 1. The molecule has 0 spiro atoms. The highest BCUT2D eigenvalue weighted by Crippen LogP contribution is 2.25. The van der Waals surface area contributed by atoms with E-state index in [1.807, 2.05) is 30.3 Å². The highest BCUT2D eigenvalue weighted by Gasteiger charge is 2.05. The molecule has 0 atom stereocenters. The lowest BCUT2D eigenvalue weighted by atomic mass is 10.1. The standard InChI is InChI=1S/C12H12ClN/c1-8(2)12-7-10(13)9-5-3-4-6-11(9)14-12/h3-8H,1-2H3. The summed E-state index contributed by atoms with van der Waals surface area (Å²) in [6.07, 6.45) is 0. The van der Waals surface area contributed by atoms with Gasteiger partial charge in [0.05, 0.1) is 10.5 Å². The highest BCUT2D eigenvalue weighted by atomic mass is 35.5. The number of benzene rings is 1. The van der Waals surface area contributed by atoms with Crippen LogP contribution < -0.4 is 0 Å². The average Bonchev–Trinajstić information content (AvgIpc) is 2.17. The summed E-state index contributed by atoms with van der Waals surface area (Å²) in [6.45, 7) is 4.24. The van der Waals surface area contributed by atoms with Crippen LogP contribution in [-0.2, 0) is 0 Å². The van der Waals surface area contributed by atoms with Crippen LogP contribution in [0.2, 0.25) is 5.02 Å². The van der Waals surface area contributed by atoms with Crippen LogP contribution in [0.4, 0.5) is 0 Å². The topological polar surface area (TPSA) is 12.9 Å². The van der Waals surface area contributed by atoms with Gasteiger partial charge in [-0.25, -0.2) is 0 Å². The van der Waals surface area contributed by atoms with Crippen molar-refractivity contribution < 1.29 is 0 Å². The van der Waals surface area contributed by atoms with Gasteiger partial charge in [0.25, 0.3) is 0 Å². The largest absolute Gasteiger partial charge is 0.252 e. The zero-order valence-electron chi connectivity index (χ0n) is 8.29. The fourth-order valence-electron chi connectivity index (χ4n) is 1.45. The molecule has 0 bridgehead atoms. The molecule has 1 heterocycles. The molecule has 0 aliphatic rings. The van der Waals surface area contributed by atoms with Gasteiger partial charge in [-0.3, -0.25) is 4.98 Å². The quantitative estimate of drug-likeness (QED) is 0.686.